The molecule has 4 fully saturated rings. The van der Waals surface area contributed by atoms with E-state index in [9.17, 15) is 22.8 Å². The summed E-state index contributed by atoms with van der Waals surface area (Å²) < 4.78 is 38.0. The molecule has 4 saturated heterocycles. The molecule has 1 aromatic rings. The zero-order valence-corrected chi connectivity index (χ0v) is 16.5. The van der Waals surface area contributed by atoms with Crippen molar-refractivity contribution in [3.63, 3.8) is 0 Å². The van der Waals surface area contributed by atoms with Gasteiger partial charge in [-0.15, -0.1) is 0 Å². The van der Waals surface area contributed by atoms with E-state index in [0.29, 0.717) is 44.8 Å². The summed E-state index contributed by atoms with van der Waals surface area (Å²) in [6.07, 6.45) is -1.18. The Hall–Kier alpha value is -2.36. The number of pyridine rings is 1. The van der Waals surface area contributed by atoms with Crippen LogP contribution in [-0.4, -0.2) is 76.4 Å². The summed E-state index contributed by atoms with van der Waals surface area (Å²) in [5.74, 6) is 0.0681. The van der Waals surface area contributed by atoms with Gasteiger partial charge in [0, 0.05) is 57.3 Å². The third kappa shape index (κ3) is 3.40. The third-order valence-corrected chi connectivity index (χ3v) is 6.87. The highest BCUT2D eigenvalue weighted by atomic mass is 19.4. The largest absolute Gasteiger partial charge is 0.417 e. The third-order valence-electron chi connectivity index (χ3n) is 6.87. The molecule has 10 heteroatoms. The van der Waals surface area contributed by atoms with E-state index in [2.05, 4.69) is 15.2 Å². The number of amides is 3. The molecule has 0 aromatic carbocycles. The Balaban J connectivity index is 1.10. The Morgan fingerprint density at radius 3 is 2.43 bits per heavy atom. The van der Waals surface area contributed by atoms with E-state index < -0.39 is 11.7 Å². The number of alkyl halides is 3. The maximum Gasteiger partial charge on any atom is 0.417 e. The molecule has 0 aliphatic carbocycles. The van der Waals surface area contributed by atoms with Crippen molar-refractivity contribution in [2.75, 3.05) is 39.3 Å². The molecular weight excluding hydrogens is 399 g/mol. The number of carbonyl (C=O) groups excluding carboxylic acids is 2. The fourth-order valence-corrected chi connectivity index (χ4v) is 5.26. The topological polar surface area (TPSA) is 68.8 Å². The Labute approximate surface area is 172 Å². The molecule has 0 radical (unpaired) electrons. The average molecular weight is 423 g/mol. The summed E-state index contributed by atoms with van der Waals surface area (Å²) in [6.45, 7) is 4.78. The van der Waals surface area contributed by atoms with Gasteiger partial charge in [0.2, 0.25) is 5.91 Å². The fourth-order valence-electron chi connectivity index (χ4n) is 5.26. The molecule has 7 nitrogen and oxygen atoms in total. The highest BCUT2D eigenvalue weighted by molar-refractivity contribution is 5.82. The van der Waals surface area contributed by atoms with E-state index in [4.69, 9.17) is 0 Å². The normalized spacial score (nSPS) is 24.8. The number of likely N-dealkylation sites (tertiary alicyclic amines) is 3. The summed E-state index contributed by atoms with van der Waals surface area (Å²) in [4.78, 5) is 33.9. The van der Waals surface area contributed by atoms with Crippen LogP contribution in [0.4, 0.5) is 18.0 Å². The molecule has 162 valence electrons. The summed E-state index contributed by atoms with van der Waals surface area (Å²) in [5.41, 5.74) is -0.237. The lowest BCUT2D eigenvalue weighted by Gasteiger charge is -2.54. The van der Waals surface area contributed by atoms with Crippen molar-refractivity contribution in [3.05, 3.63) is 29.6 Å². The Morgan fingerprint density at radius 1 is 1.10 bits per heavy atom. The summed E-state index contributed by atoms with van der Waals surface area (Å²) >= 11 is 0. The highest BCUT2D eigenvalue weighted by Crippen LogP contribution is 2.41. The molecule has 0 unspecified atom stereocenters. The van der Waals surface area contributed by atoms with Gasteiger partial charge in [-0.05, 0) is 31.5 Å². The van der Waals surface area contributed by atoms with E-state index in [-0.39, 0.29) is 22.9 Å². The van der Waals surface area contributed by atoms with Crippen LogP contribution in [0.2, 0.25) is 0 Å². The van der Waals surface area contributed by atoms with Crippen LogP contribution in [0, 0.1) is 5.41 Å². The summed E-state index contributed by atoms with van der Waals surface area (Å²) in [6, 6.07) is 2.55. The SMILES string of the molecule is O=C1CCC2(CN(C(=O)N3CC4(CCN(Cc5ccc(C(F)(F)F)cn5)C4)C3)C2)N1. The van der Waals surface area contributed by atoms with E-state index in [1.807, 2.05) is 4.90 Å². The van der Waals surface area contributed by atoms with Crippen molar-refractivity contribution in [2.24, 2.45) is 5.41 Å². The summed E-state index contributed by atoms with van der Waals surface area (Å²) in [5, 5.41) is 2.99. The smallest absolute Gasteiger partial charge is 0.347 e. The average Bonchev–Trinajstić information content (AvgIpc) is 3.22. The molecule has 1 N–H and O–H groups in total. The monoisotopic (exact) mass is 423 g/mol. The Morgan fingerprint density at radius 2 is 1.83 bits per heavy atom. The number of urea groups is 1. The maximum absolute atomic E-state index is 12.7. The Kier molecular flexibility index (Phi) is 4.29. The zero-order valence-electron chi connectivity index (χ0n) is 16.5. The van der Waals surface area contributed by atoms with Crippen molar-refractivity contribution in [1.82, 2.24) is 25.0 Å². The molecule has 2 spiro atoms. The van der Waals surface area contributed by atoms with Gasteiger partial charge in [0.05, 0.1) is 16.8 Å². The standard InChI is InChI=1S/C20H24F3N5O2/c21-20(22,23)14-1-2-15(24-7-14)8-26-6-5-18(9-26)10-27(11-18)17(30)28-12-19(13-28)4-3-16(29)25-19/h1-2,7H,3-6,8-13H2,(H,25,29). The van der Waals surface area contributed by atoms with Crippen LogP contribution >= 0.6 is 0 Å². The lowest BCUT2D eigenvalue weighted by Crippen LogP contribution is -2.72. The fraction of sp³-hybridized carbons (Fsp3) is 0.650. The van der Waals surface area contributed by atoms with Crippen molar-refractivity contribution in [3.8, 4) is 0 Å². The lowest BCUT2D eigenvalue weighted by molar-refractivity contribution is -0.137. The molecule has 0 bridgehead atoms. The van der Waals surface area contributed by atoms with Gasteiger partial charge in [0.1, 0.15) is 0 Å². The van der Waals surface area contributed by atoms with Crippen LogP contribution in [0.5, 0.6) is 0 Å². The van der Waals surface area contributed by atoms with Gasteiger partial charge in [0.15, 0.2) is 0 Å². The van der Waals surface area contributed by atoms with Gasteiger partial charge in [0.25, 0.3) is 0 Å². The van der Waals surface area contributed by atoms with E-state index in [1.165, 1.54) is 6.07 Å². The first kappa shape index (κ1) is 19.6. The molecule has 5 rings (SSSR count). The number of hydrogen-bond donors (Lipinski definition) is 1. The van der Waals surface area contributed by atoms with Gasteiger partial charge < -0.3 is 15.1 Å². The predicted molar refractivity (Wildman–Crippen MR) is 100 cm³/mol. The number of halogens is 3. The van der Waals surface area contributed by atoms with Gasteiger partial charge in [-0.3, -0.25) is 14.7 Å². The van der Waals surface area contributed by atoms with Crippen molar-refractivity contribution < 1.29 is 22.8 Å². The van der Waals surface area contributed by atoms with Crippen LogP contribution in [0.3, 0.4) is 0 Å². The molecule has 5 heterocycles. The van der Waals surface area contributed by atoms with Crippen molar-refractivity contribution in [2.45, 2.75) is 37.5 Å². The minimum Gasteiger partial charge on any atom is -0.347 e. The van der Waals surface area contributed by atoms with Crippen LogP contribution in [0.1, 0.15) is 30.5 Å². The number of nitrogens with zero attached hydrogens (tertiary/aromatic N) is 4. The molecular formula is C20H24F3N5O2. The van der Waals surface area contributed by atoms with Crippen molar-refractivity contribution in [1.29, 1.82) is 0 Å². The first-order chi connectivity index (χ1) is 14.2. The zero-order chi connectivity index (χ0) is 21.1. The minimum atomic E-state index is -4.37. The maximum atomic E-state index is 12.7. The number of hydrogen-bond acceptors (Lipinski definition) is 4. The number of nitrogens with one attached hydrogen (secondary N) is 1. The summed E-state index contributed by atoms with van der Waals surface area (Å²) in [7, 11) is 0. The highest BCUT2D eigenvalue weighted by Gasteiger charge is 2.54. The first-order valence-electron chi connectivity index (χ1n) is 10.2. The Bertz CT molecular complexity index is 860. The lowest BCUT2D eigenvalue weighted by atomic mass is 9.79. The van der Waals surface area contributed by atoms with E-state index >= 15 is 0 Å². The van der Waals surface area contributed by atoms with Gasteiger partial charge in [-0.25, -0.2) is 4.79 Å². The second kappa shape index (κ2) is 6.57. The van der Waals surface area contributed by atoms with Gasteiger partial charge in [-0.2, -0.15) is 13.2 Å². The number of aromatic nitrogens is 1. The minimum absolute atomic E-state index is 0.0373. The van der Waals surface area contributed by atoms with Crippen LogP contribution in [0.25, 0.3) is 0 Å². The second-order valence-electron chi connectivity index (χ2n) is 9.32. The molecule has 1 aromatic heterocycles. The van der Waals surface area contributed by atoms with E-state index in [1.54, 1.807) is 4.90 Å². The van der Waals surface area contributed by atoms with Gasteiger partial charge in [-0.1, -0.05) is 0 Å². The molecule has 0 saturated carbocycles. The molecule has 4 aliphatic rings. The molecule has 3 amide bonds. The molecule has 0 atom stereocenters. The number of carbonyl (C=O) groups is 2. The number of rotatable bonds is 2. The van der Waals surface area contributed by atoms with Crippen molar-refractivity contribution >= 4 is 11.9 Å². The second-order valence-corrected chi connectivity index (χ2v) is 9.32. The van der Waals surface area contributed by atoms with Crippen LogP contribution in [-0.2, 0) is 17.5 Å². The van der Waals surface area contributed by atoms with Gasteiger partial charge >= 0.3 is 12.2 Å². The molecule has 4 aliphatic heterocycles. The van der Waals surface area contributed by atoms with Crippen LogP contribution in [0.15, 0.2) is 18.3 Å². The first-order valence-corrected chi connectivity index (χ1v) is 10.2. The van der Waals surface area contributed by atoms with Crippen LogP contribution < -0.4 is 5.32 Å². The van der Waals surface area contributed by atoms with E-state index in [0.717, 1.165) is 38.2 Å². The quantitative estimate of drug-likeness (QED) is 0.786. The predicted octanol–water partition coefficient (Wildman–Crippen LogP) is 1.69. The molecule has 30 heavy (non-hydrogen) atoms.